The highest BCUT2D eigenvalue weighted by molar-refractivity contribution is 7.18. The number of fused-ring (bicyclic) bond motifs is 1. The molecule has 0 saturated carbocycles. The topological polar surface area (TPSA) is 45.6 Å². The molecule has 2 aromatic carbocycles. The molecule has 4 nitrogen and oxygen atoms in total. The molecule has 0 radical (unpaired) electrons. The van der Waals surface area contributed by atoms with Crippen molar-refractivity contribution in [3.05, 3.63) is 82.0 Å². The summed E-state index contributed by atoms with van der Waals surface area (Å²) in [5.74, 6) is 0. The Morgan fingerprint density at radius 1 is 0.970 bits per heavy atom. The molecule has 0 bridgehead atoms. The van der Waals surface area contributed by atoms with Crippen LogP contribution < -0.4 is 0 Å². The second-order valence-electron chi connectivity index (χ2n) is 8.20. The minimum Gasteiger partial charge on any atom is -0.378 e. The van der Waals surface area contributed by atoms with Crippen molar-refractivity contribution < 1.29 is 23.0 Å². The Morgan fingerprint density at radius 3 is 2.36 bits per heavy atom. The van der Waals surface area contributed by atoms with Crippen molar-refractivity contribution in [2.24, 2.45) is 0 Å². The van der Waals surface area contributed by atoms with Crippen LogP contribution >= 0.6 is 11.3 Å². The van der Waals surface area contributed by atoms with Crippen LogP contribution in [-0.4, -0.2) is 47.5 Å². The van der Waals surface area contributed by atoms with Crippen molar-refractivity contribution in [2.45, 2.75) is 24.6 Å². The minimum atomic E-state index is -4.92. The Labute approximate surface area is 193 Å². The van der Waals surface area contributed by atoms with E-state index in [4.69, 9.17) is 4.74 Å². The maximum atomic E-state index is 14.7. The second kappa shape index (κ2) is 8.59. The molecule has 1 aliphatic carbocycles. The van der Waals surface area contributed by atoms with Gasteiger partial charge in [0.05, 0.1) is 23.4 Å². The van der Waals surface area contributed by atoms with E-state index in [0.717, 1.165) is 22.5 Å². The molecule has 5 rings (SSSR count). The number of ether oxygens (including phenoxy) is 1. The molecule has 0 amide bonds. The highest BCUT2D eigenvalue weighted by Crippen LogP contribution is 2.53. The summed E-state index contributed by atoms with van der Waals surface area (Å²) < 4.78 is 50.1. The molecule has 3 aromatic rings. The zero-order valence-electron chi connectivity index (χ0n) is 17.8. The molecule has 2 heterocycles. The van der Waals surface area contributed by atoms with Gasteiger partial charge in [-0.05, 0) is 42.2 Å². The van der Waals surface area contributed by atoms with Crippen LogP contribution in [0.25, 0.3) is 16.3 Å². The van der Waals surface area contributed by atoms with Gasteiger partial charge in [-0.25, -0.2) is 4.98 Å². The van der Waals surface area contributed by atoms with Gasteiger partial charge >= 0.3 is 6.18 Å². The number of alkyl halides is 3. The van der Waals surface area contributed by atoms with Crippen molar-refractivity contribution in [3.63, 3.8) is 0 Å². The van der Waals surface area contributed by atoms with E-state index in [2.05, 4.69) is 4.98 Å². The van der Waals surface area contributed by atoms with Gasteiger partial charge in [-0.3, -0.25) is 0 Å². The molecule has 1 saturated heterocycles. The van der Waals surface area contributed by atoms with Crippen LogP contribution in [-0.2, 0) is 10.3 Å². The lowest BCUT2D eigenvalue weighted by atomic mass is 9.91. The molecule has 1 N–H and O–H groups in total. The normalized spacial score (nSPS) is 20.6. The van der Waals surface area contributed by atoms with E-state index in [0.29, 0.717) is 48.6 Å². The van der Waals surface area contributed by atoms with E-state index >= 15 is 0 Å². The number of morpholine rings is 1. The summed E-state index contributed by atoms with van der Waals surface area (Å²) in [5.41, 5.74) is -0.556. The standard InChI is InChI=1S/C25H23F3N2O2S/c26-25(27,28)24(31,23-29-20-8-4-5-9-21(20)33-23)19-11-10-18(16-17-6-2-1-3-7-17)22(19)30-12-14-32-15-13-30/h1-9,16,31H,10-15H2/b18-16+. The van der Waals surface area contributed by atoms with E-state index in [1.807, 2.05) is 41.3 Å². The molecule has 1 unspecified atom stereocenters. The van der Waals surface area contributed by atoms with E-state index in [1.165, 1.54) is 0 Å². The van der Waals surface area contributed by atoms with Crippen molar-refractivity contribution in [1.29, 1.82) is 0 Å². The Morgan fingerprint density at radius 2 is 1.67 bits per heavy atom. The molecule has 172 valence electrons. The first-order chi connectivity index (χ1) is 15.9. The van der Waals surface area contributed by atoms with E-state index in [9.17, 15) is 18.3 Å². The number of hydrogen-bond donors (Lipinski definition) is 1. The Kier molecular flexibility index (Phi) is 5.76. The molecule has 33 heavy (non-hydrogen) atoms. The quantitative estimate of drug-likeness (QED) is 0.544. The SMILES string of the molecule is OC(C1=C(N2CCOCC2)/C(=C/c2ccccc2)CC1)(c1nc2ccccc2s1)C(F)(F)F. The van der Waals surface area contributed by atoms with Crippen LogP contribution in [0.5, 0.6) is 0 Å². The zero-order chi connectivity index (χ0) is 23.1. The van der Waals surface area contributed by atoms with E-state index in [-0.39, 0.29) is 17.0 Å². The van der Waals surface area contributed by atoms with Gasteiger partial charge in [-0.2, -0.15) is 13.2 Å². The Hall–Kier alpha value is -2.68. The maximum Gasteiger partial charge on any atom is 0.427 e. The van der Waals surface area contributed by atoms with Gasteiger partial charge in [-0.1, -0.05) is 42.5 Å². The summed E-state index contributed by atoms with van der Waals surface area (Å²) >= 11 is 0.894. The molecule has 1 atom stereocenters. The first-order valence-electron chi connectivity index (χ1n) is 10.9. The number of para-hydroxylation sites is 1. The monoisotopic (exact) mass is 472 g/mol. The lowest BCUT2D eigenvalue weighted by Crippen LogP contribution is -2.46. The highest BCUT2D eigenvalue weighted by atomic mass is 32.1. The molecule has 1 aliphatic heterocycles. The smallest absolute Gasteiger partial charge is 0.378 e. The van der Waals surface area contributed by atoms with E-state index in [1.54, 1.807) is 24.3 Å². The number of allylic oxidation sites excluding steroid dienone is 1. The third-order valence-electron chi connectivity index (χ3n) is 6.15. The molecule has 1 aromatic heterocycles. The predicted octanol–water partition coefficient (Wildman–Crippen LogP) is 5.51. The molecular formula is C25H23F3N2O2S. The highest BCUT2D eigenvalue weighted by Gasteiger charge is 2.61. The second-order valence-corrected chi connectivity index (χ2v) is 9.23. The van der Waals surface area contributed by atoms with Gasteiger partial charge in [0.25, 0.3) is 0 Å². The van der Waals surface area contributed by atoms with Gasteiger partial charge in [0, 0.05) is 24.4 Å². The summed E-state index contributed by atoms with van der Waals surface area (Å²) in [6.45, 7) is 1.81. The lowest BCUT2D eigenvalue weighted by molar-refractivity contribution is -0.251. The Bertz CT molecular complexity index is 1180. The fraction of sp³-hybridized carbons (Fsp3) is 0.320. The number of aliphatic hydroxyl groups is 1. The number of hydrogen-bond acceptors (Lipinski definition) is 5. The summed E-state index contributed by atoms with van der Waals surface area (Å²) in [5, 5.41) is 11.1. The number of benzene rings is 2. The number of halogens is 3. The molecule has 1 fully saturated rings. The van der Waals surface area contributed by atoms with Gasteiger partial charge in [0.2, 0.25) is 5.60 Å². The van der Waals surface area contributed by atoms with E-state index < -0.39 is 11.8 Å². The van der Waals surface area contributed by atoms with Crippen LogP contribution in [0.15, 0.2) is 71.4 Å². The summed E-state index contributed by atoms with van der Waals surface area (Å²) in [7, 11) is 0. The molecular weight excluding hydrogens is 449 g/mol. The van der Waals surface area contributed by atoms with Crippen LogP contribution in [0.1, 0.15) is 23.4 Å². The van der Waals surface area contributed by atoms with Crippen LogP contribution in [0.3, 0.4) is 0 Å². The predicted molar refractivity (Wildman–Crippen MR) is 123 cm³/mol. The van der Waals surface area contributed by atoms with Gasteiger partial charge < -0.3 is 14.7 Å². The first kappa shape index (κ1) is 22.1. The fourth-order valence-corrected chi connectivity index (χ4v) is 5.67. The Balaban J connectivity index is 1.71. The summed E-state index contributed by atoms with van der Waals surface area (Å²) in [6, 6.07) is 16.4. The average molecular weight is 473 g/mol. The summed E-state index contributed by atoms with van der Waals surface area (Å²) in [4.78, 5) is 6.16. The number of rotatable bonds is 4. The number of aromatic nitrogens is 1. The van der Waals surface area contributed by atoms with Crippen LogP contribution in [0.2, 0.25) is 0 Å². The fourth-order valence-electron chi connectivity index (χ4n) is 4.56. The number of nitrogens with zero attached hydrogens (tertiary/aromatic N) is 2. The van der Waals surface area contributed by atoms with Crippen molar-refractivity contribution in [1.82, 2.24) is 9.88 Å². The largest absolute Gasteiger partial charge is 0.427 e. The first-order valence-corrected chi connectivity index (χ1v) is 11.7. The van der Waals surface area contributed by atoms with Crippen LogP contribution in [0, 0.1) is 0 Å². The van der Waals surface area contributed by atoms with Crippen molar-refractivity contribution in [3.8, 4) is 0 Å². The number of thiazole rings is 1. The third-order valence-corrected chi connectivity index (χ3v) is 7.30. The van der Waals surface area contributed by atoms with Gasteiger partial charge in [0.1, 0.15) is 5.01 Å². The lowest BCUT2D eigenvalue weighted by Gasteiger charge is -2.36. The van der Waals surface area contributed by atoms with Gasteiger partial charge in [-0.15, -0.1) is 11.3 Å². The molecule has 0 spiro atoms. The molecule has 2 aliphatic rings. The van der Waals surface area contributed by atoms with Crippen LogP contribution in [0.4, 0.5) is 13.2 Å². The third kappa shape index (κ3) is 3.96. The van der Waals surface area contributed by atoms with Crippen molar-refractivity contribution >= 4 is 27.6 Å². The van der Waals surface area contributed by atoms with Gasteiger partial charge in [0.15, 0.2) is 0 Å². The zero-order valence-corrected chi connectivity index (χ0v) is 18.6. The molecule has 8 heteroatoms. The van der Waals surface area contributed by atoms with Crippen molar-refractivity contribution in [2.75, 3.05) is 26.3 Å². The minimum absolute atomic E-state index is 0.0295. The summed E-state index contributed by atoms with van der Waals surface area (Å²) in [6.07, 6.45) is -2.47. The average Bonchev–Trinajstić information content (AvgIpc) is 3.44. The maximum absolute atomic E-state index is 14.7.